The van der Waals surface area contributed by atoms with E-state index in [0.717, 1.165) is 33.6 Å². The van der Waals surface area contributed by atoms with Gasteiger partial charge in [-0.2, -0.15) is 0 Å². The highest BCUT2D eigenvalue weighted by Gasteiger charge is 2.14. The molecule has 0 saturated heterocycles. The third-order valence-corrected chi connectivity index (χ3v) is 8.27. The second-order valence-electron chi connectivity index (χ2n) is 9.95. The summed E-state index contributed by atoms with van der Waals surface area (Å²) >= 11 is 0.992. The topological polar surface area (TPSA) is 38.7 Å². The molecule has 0 atom stereocenters. The van der Waals surface area contributed by atoms with Gasteiger partial charge in [0.25, 0.3) is 0 Å². The molecule has 6 aromatic carbocycles. The zero-order chi connectivity index (χ0) is 34.7. The van der Waals surface area contributed by atoms with Crippen LogP contribution in [0.4, 0.5) is 0 Å². The van der Waals surface area contributed by atoms with E-state index in [1.54, 1.807) is 0 Å². The van der Waals surface area contributed by atoms with Crippen LogP contribution in [0.1, 0.15) is 9.60 Å². The van der Waals surface area contributed by atoms with E-state index in [9.17, 15) is 1.37 Å². The Bertz CT molecular complexity index is 2490. The van der Waals surface area contributed by atoms with Gasteiger partial charge in [0, 0.05) is 36.9 Å². The Morgan fingerprint density at radius 1 is 0.395 bits per heavy atom. The lowest BCUT2D eigenvalue weighted by molar-refractivity contribution is 1.07. The monoisotopic (exact) mass is 574 g/mol. The van der Waals surface area contributed by atoms with Crippen LogP contribution in [0.5, 0.6) is 0 Å². The van der Waals surface area contributed by atoms with Crippen LogP contribution < -0.4 is 0 Å². The first kappa shape index (κ1) is 18.9. The van der Waals surface area contributed by atoms with Crippen LogP contribution in [0.3, 0.4) is 0 Å². The third-order valence-electron chi connectivity index (χ3n) is 7.24. The minimum atomic E-state index is -0.424. The van der Waals surface area contributed by atoms with Gasteiger partial charge in [-0.05, 0) is 46.4 Å². The maximum atomic E-state index is 9.35. The molecular weight excluding hydrogens is 543 g/mol. The summed E-state index contributed by atoms with van der Waals surface area (Å²) in [6, 6.07) is 33.5. The van der Waals surface area contributed by atoms with Crippen molar-refractivity contribution in [3.8, 4) is 56.4 Å². The quantitative estimate of drug-likeness (QED) is 0.205. The van der Waals surface area contributed by atoms with Gasteiger partial charge in [-0.15, -0.1) is 11.3 Å². The molecule has 0 amide bonds. The largest absolute Gasteiger partial charge is 0.208 e. The minimum absolute atomic E-state index is 0.0127. The fraction of sp³-hybridized carbons (Fsp3) is 0. The molecule has 0 spiro atoms. The predicted octanol–water partition coefficient (Wildman–Crippen LogP) is 10.6. The maximum Gasteiger partial charge on any atom is 0.164 e. The molecule has 0 aliphatic heterocycles. The van der Waals surface area contributed by atoms with E-state index >= 15 is 0 Å². The van der Waals surface area contributed by atoms with E-state index in [1.165, 1.54) is 0 Å². The second-order valence-corrected chi connectivity index (χ2v) is 11.0. The minimum Gasteiger partial charge on any atom is -0.208 e. The van der Waals surface area contributed by atoms with Crippen molar-refractivity contribution < 1.29 is 9.60 Å². The lowest BCUT2D eigenvalue weighted by Crippen LogP contribution is -2.00. The Labute approximate surface area is 263 Å². The SMILES string of the molecule is [2H]c1c([2H])c([2H])c2c(sc3c([2H])c([2H])c(-c4nc(-c5ccc(-c6ccccc6)cc5)nc(-c5ccc(-c6ccccc6)cc5)n4)c([2H])c32)c1[2H]. The molecule has 0 saturated carbocycles. The first-order valence-corrected chi connectivity index (χ1v) is 14.5. The van der Waals surface area contributed by atoms with E-state index in [0.29, 0.717) is 22.8 Å². The molecule has 2 heterocycles. The van der Waals surface area contributed by atoms with Gasteiger partial charge in [-0.3, -0.25) is 0 Å². The highest BCUT2D eigenvalue weighted by molar-refractivity contribution is 7.25. The van der Waals surface area contributed by atoms with E-state index < -0.39 is 6.04 Å². The average Bonchev–Trinajstić information content (AvgIpc) is 3.58. The first-order chi connectivity index (χ1) is 24.2. The molecule has 8 rings (SSSR count). The first-order valence-electron chi connectivity index (χ1n) is 17.2. The predicted molar refractivity (Wildman–Crippen MR) is 180 cm³/mol. The van der Waals surface area contributed by atoms with Crippen LogP contribution in [-0.4, -0.2) is 15.0 Å². The normalized spacial score (nSPS) is 13.5. The van der Waals surface area contributed by atoms with Gasteiger partial charge in [0.1, 0.15) is 0 Å². The summed E-state index contributed by atoms with van der Waals surface area (Å²) in [7, 11) is 0. The van der Waals surface area contributed by atoms with Crippen LogP contribution in [0.25, 0.3) is 76.6 Å². The fourth-order valence-corrected chi connectivity index (χ4v) is 5.96. The molecule has 43 heavy (non-hydrogen) atoms. The molecule has 4 heteroatoms. The van der Waals surface area contributed by atoms with Gasteiger partial charge in [0.2, 0.25) is 0 Å². The molecular formula is C39H25N3S. The summed E-state index contributed by atoms with van der Waals surface area (Å²) in [5.41, 5.74) is 5.52. The molecule has 3 nitrogen and oxygen atoms in total. The number of hydrogen-bond acceptors (Lipinski definition) is 4. The molecule has 0 radical (unpaired) electrons. The summed E-state index contributed by atoms with van der Waals surface area (Å²) in [6.45, 7) is 0. The van der Waals surface area contributed by atoms with Gasteiger partial charge in [0.05, 0.1) is 9.60 Å². The van der Waals surface area contributed by atoms with Crippen molar-refractivity contribution in [2.75, 3.05) is 0 Å². The summed E-state index contributed by atoms with van der Waals surface area (Å²) in [6.07, 6.45) is 0. The highest BCUT2D eigenvalue weighted by atomic mass is 32.1. The van der Waals surface area contributed by atoms with Gasteiger partial charge >= 0.3 is 0 Å². The van der Waals surface area contributed by atoms with Crippen LogP contribution >= 0.6 is 11.3 Å². The number of nitrogens with zero attached hydrogens (tertiary/aromatic N) is 3. The Hall–Kier alpha value is -5.45. The molecule has 8 aromatic rings. The van der Waals surface area contributed by atoms with E-state index in [2.05, 4.69) is 0 Å². The zero-order valence-electron chi connectivity index (χ0n) is 29.6. The van der Waals surface area contributed by atoms with Crippen LogP contribution in [-0.2, 0) is 0 Å². The Balaban J connectivity index is 1.35. The second kappa shape index (κ2) is 10.8. The standard InChI is InChI=1S/C39H25N3S/c1-3-9-26(10-4-1)28-15-19-30(20-16-28)37-40-38(31-21-17-29(18-22-31)27-11-5-2-6-12-27)42-39(41-37)32-23-24-36-34(25-32)33-13-7-8-14-35(33)43-36/h1-25H/i7D,8D,13D,14D,23D,24D,25D. The average molecular weight is 575 g/mol. The summed E-state index contributed by atoms with van der Waals surface area (Å²) in [5, 5.41) is 0.328. The third kappa shape index (κ3) is 4.88. The van der Waals surface area contributed by atoms with Crippen molar-refractivity contribution in [3.05, 3.63) is 151 Å². The number of fused-ring (bicyclic) bond motifs is 3. The van der Waals surface area contributed by atoms with Crippen LogP contribution in [0.2, 0.25) is 0 Å². The maximum absolute atomic E-state index is 9.35. The smallest absolute Gasteiger partial charge is 0.164 e. The van der Waals surface area contributed by atoms with E-state index in [1.807, 2.05) is 109 Å². The Morgan fingerprint density at radius 3 is 1.40 bits per heavy atom. The molecule has 0 bridgehead atoms. The Morgan fingerprint density at radius 2 is 0.837 bits per heavy atom. The molecule has 0 unspecified atom stereocenters. The van der Waals surface area contributed by atoms with Gasteiger partial charge in [0.15, 0.2) is 17.5 Å². The van der Waals surface area contributed by atoms with Crippen LogP contribution in [0, 0.1) is 0 Å². The summed E-state index contributed by atoms with van der Waals surface area (Å²) in [5.74, 6) is 0.661. The van der Waals surface area contributed by atoms with Gasteiger partial charge < -0.3 is 0 Å². The lowest BCUT2D eigenvalue weighted by atomic mass is 10.0. The molecule has 0 aliphatic carbocycles. The van der Waals surface area contributed by atoms with E-state index in [4.69, 9.17) is 23.2 Å². The number of hydrogen-bond donors (Lipinski definition) is 0. The fourth-order valence-electron chi connectivity index (χ4n) is 5.05. The number of benzene rings is 6. The van der Waals surface area contributed by atoms with Gasteiger partial charge in [-0.1, -0.05) is 127 Å². The lowest BCUT2D eigenvalue weighted by Gasteiger charge is -2.10. The Kier molecular flexibility index (Phi) is 4.72. The number of rotatable bonds is 5. The van der Waals surface area contributed by atoms with Crippen molar-refractivity contribution in [3.63, 3.8) is 0 Å². The summed E-state index contributed by atoms with van der Waals surface area (Å²) < 4.78 is 61.4. The highest BCUT2D eigenvalue weighted by Crippen LogP contribution is 2.36. The number of aromatic nitrogens is 3. The van der Waals surface area contributed by atoms with Crippen molar-refractivity contribution >= 4 is 31.5 Å². The molecule has 0 N–H and O–H groups in total. The van der Waals surface area contributed by atoms with Crippen molar-refractivity contribution in [1.82, 2.24) is 15.0 Å². The summed E-state index contributed by atoms with van der Waals surface area (Å²) in [4.78, 5) is 14.4. The molecule has 0 fully saturated rings. The van der Waals surface area contributed by atoms with Crippen molar-refractivity contribution in [1.29, 1.82) is 0 Å². The zero-order valence-corrected chi connectivity index (χ0v) is 23.5. The van der Waals surface area contributed by atoms with Crippen molar-refractivity contribution in [2.24, 2.45) is 0 Å². The molecule has 202 valence electrons. The van der Waals surface area contributed by atoms with Crippen molar-refractivity contribution in [2.45, 2.75) is 0 Å². The number of thiophene rings is 1. The van der Waals surface area contributed by atoms with Gasteiger partial charge in [-0.25, -0.2) is 15.0 Å². The van der Waals surface area contributed by atoms with Crippen LogP contribution in [0.15, 0.2) is 151 Å². The molecule has 2 aromatic heterocycles. The van der Waals surface area contributed by atoms with E-state index in [-0.39, 0.29) is 67.8 Å². The molecule has 0 aliphatic rings.